The lowest BCUT2D eigenvalue weighted by Gasteiger charge is -2.25. The van der Waals surface area contributed by atoms with Gasteiger partial charge in [-0.2, -0.15) is 0 Å². The second-order valence-corrected chi connectivity index (χ2v) is 6.49. The van der Waals surface area contributed by atoms with E-state index in [0.29, 0.717) is 0 Å². The Hall–Kier alpha value is -2.72. The van der Waals surface area contributed by atoms with Gasteiger partial charge in [0.15, 0.2) is 6.23 Å². The van der Waals surface area contributed by atoms with Crippen molar-refractivity contribution in [3.8, 4) is 11.4 Å². The first-order chi connectivity index (χ1) is 12.8. The van der Waals surface area contributed by atoms with E-state index in [1.807, 2.05) is 12.1 Å². The maximum Gasteiger partial charge on any atom is 0.158 e. The van der Waals surface area contributed by atoms with E-state index < -0.39 is 0 Å². The smallest absolute Gasteiger partial charge is 0.158 e. The van der Waals surface area contributed by atoms with Crippen LogP contribution in [-0.4, -0.2) is 24.8 Å². The van der Waals surface area contributed by atoms with Crippen molar-refractivity contribution in [1.82, 2.24) is 4.57 Å². The minimum atomic E-state index is -0.0710. The van der Waals surface area contributed by atoms with Crippen molar-refractivity contribution in [3.63, 3.8) is 0 Å². The summed E-state index contributed by atoms with van der Waals surface area (Å²) in [7, 11) is 1.70. The summed E-state index contributed by atoms with van der Waals surface area (Å²) in [6, 6.07) is 19.0. The fourth-order valence-corrected chi connectivity index (χ4v) is 3.42. The number of rotatable bonds is 5. The SMILES string of the molecule is CCc1ccc(-n2ccc([C@@H]3OCCN3c3cccc(OC)c3)c2)cc1. The maximum atomic E-state index is 6.04. The van der Waals surface area contributed by atoms with E-state index >= 15 is 0 Å². The summed E-state index contributed by atoms with van der Waals surface area (Å²) in [6.45, 7) is 3.76. The third-order valence-electron chi connectivity index (χ3n) is 4.92. The van der Waals surface area contributed by atoms with Crippen LogP contribution in [0.5, 0.6) is 5.75 Å². The minimum absolute atomic E-state index is 0.0710. The molecule has 0 bridgehead atoms. The van der Waals surface area contributed by atoms with Crippen molar-refractivity contribution in [2.45, 2.75) is 19.6 Å². The Labute approximate surface area is 154 Å². The van der Waals surface area contributed by atoms with Crippen molar-refractivity contribution in [3.05, 3.63) is 78.1 Å². The molecule has 4 rings (SSSR count). The van der Waals surface area contributed by atoms with E-state index in [1.54, 1.807) is 7.11 Å². The fourth-order valence-electron chi connectivity index (χ4n) is 3.42. The van der Waals surface area contributed by atoms with Crippen LogP contribution in [0.25, 0.3) is 5.69 Å². The lowest BCUT2D eigenvalue weighted by molar-refractivity contribution is 0.114. The molecular formula is C22H24N2O2. The average molecular weight is 348 g/mol. The van der Waals surface area contributed by atoms with Crippen molar-refractivity contribution >= 4 is 5.69 Å². The van der Waals surface area contributed by atoms with E-state index in [4.69, 9.17) is 9.47 Å². The van der Waals surface area contributed by atoms with Crippen molar-refractivity contribution in [2.75, 3.05) is 25.2 Å². The molecule has 0 aliphatic carbocycles. The van der Waals surface area contributed by atoms with Crippen LogP contribution in [0.4, 0.5) is 5.69 Å². The molecule has 0 amide bonds. The first-order valence-electron chi connectivity index (χ1n) is 9.08. The highest BCUT2D eigenvalue weighted by molar-refractivity contribution is 5.53. The summed E-state index contributed by atoms with van der Waals surface area (Å²) in [4.78, 5) is 2.28. The Morgan fingerprint density at radius 2 is 1.92 bits per heavy atom. The van der Waals surface area contributed by atoms with Crippen LogP contribution < -0.4 is 9.64 Å². The maximum absolute atomic E-state index is 6.04. The van der Waals surface area contributed by atoms with Gasteiger partial charge in [-0.3, -0.25) is 0 Å². The molecule has 3 aromatic rings. The zero-order valence-electron chi connectivity index (χ0n) is 15.3. The molecule has 1 saturated heterocycles. The molecule has 0 unspecified atom stereocenters. The largest absolute Gasteiger partial charge is 0.497 e. The van der Waals surface area contributed by atoms with Gasteiger partial charge in [0, 0.05) is 41.9 Å². The molecule has 2 heterocycles. The van der Waals surface area contributed by atoms with Crippen LogP contribution in [0.1, 0.15) is 24.3 Å². The third-order valence-corrected chi connectivity index (χ3v) is 4.92. The van der Waals surface area contributed by atoms with Gasteiger partial charge in [0.05, 0.1) is 13.7 Å². The average Bonchev–Trinajstić information content (AvgIpc) is 3.37. The Bertz CT molecular complexity index is 870. The molecule has 2 aromatic carbocycles. The molecule has 1 aliphatic heterocycles. The monoisotopic (exact) mass is 348 g/mol. The van der Waals surface area contributed by atoms with Crippen LogP contribution >= 0.6 is 0 Å². The number of hydrogen-bond acceptors (Lipinski definition) is 3. The minimum Gasteiger partial charge on any atom is -0.497 e. The fraction of sp³-hybridized carbons (Fsp3) is 0.273. The zero-order chi connectivity index (χ0) is 17.9. The van der Waals surface area contributed by atoms with E-state index in [-0.39, 0.29) is 6.23 Å². The highest BCUT2D eigenvalue weighted by Crippen LogP contribution is 2.34. The summed E-state index contributed by atoms with van der Waals surface area (Å²) in [5.74, 6) is 0.863. The second-order valence-electron chi connectivity index (χ2n) is 6.49. The highest BCUT2D eigenvalue weighted by Gasteiger charge is 2.28. The van der Waals surface area contributed by atoms with Gasteiger partial charge in [0.25, 0.3) is 0 Å². The molecule has 4 heteroatoms. The molecule has 1 fully saturated rings. The van der Waals surface area contributed by atoms with Crippen LogP contribution in [0.15, 0.2) is 67.0 Å². The van der Waals surface area contributed by atoms with Crippen LogP contribution in [0, 0.1) is 0 Å². The van der Waals surface area contributed by atoms with Crippen LogP contribution in [0.3, 0.4) is 0 Å². The number of methoxy groups -OCH3 is 1. The van der Waals surface area contributed by atoms with Gasteiger partial charge in [0.1, 0.15) is 5.75 Å². The quantitative estimate of drug-likeness (QED) is 0.675. The Morgan fingerprint density at radius 1 is 1.08 bits per heavy atom. The van der Waals surface area contributed by atoms with Gasteiger partial charge in [-0.1, -0.05) is 25.1 Å². The normalized spacial score (nSPS) is 16.8. The number of anilines is 1. The number of nitrogens with zero attached hydrogens (tertiary/aromatic N) is 2. The summed E-state index contributed by atoms with van der Waals surface area (Å²) in [5.41, 5.74) is 4.79. The molecule has 1 aliphatic rings. The molecule has 0 radical (unpaired) electrons. The number of hydrogen-bond donors (Lipinski definition) is 0. The lowest BCUT2D eigenvalue weighted by Crippen LogP contribution is -2.22. The zero-order valence-corrected chi connectivity index (χ0v) is 15.3. The number of aryl methyl sites for hydroxylation is 1. The predicted molar refractivity (Wildman–Crippen MR) is 104 cm³/mol. The van der Waals surface area contributed by atoms with Gasteiger partial charge in [-0.25, -0.2) is 0 Å². The first kappa shape index (κ1) is 16.7. The van der Waals surface area contributed by atoms with E-state index in [1.165, 1.54) is 11.3 Å². The van der Waals surface area contributed by atoms with Crippen LogP contribution in [0.2, 0.25) is 0 Å². The predicted octanol–water partition coefficient (Wildman–Crippen LogP) is 4.58. The molecule has 0 saturated carbocycles. The molecule has 134 valence electrons. The summed E-state index contributed by atoms with van der Waals surface area (Å²) in [6.07, 6.45) is 5.24. The Balaban J connectivity index is 1.59. The standard InChI is InChI=1S/C22H24N2O2/c1-3-17-7-9-19(10-8-17)23-12-11-18(16-23)22-24(13-14-26-22)20-5-4-6-21(15-20)25-2/h4-12,15-16,22H,3,13-14H2,1-2H3/t22-/m0/s1. The van der Waals surface area contributed by atoms with E-state index in [9.17, 15) is 0 Å². The molecule has 0 N–H and O–H groups in total. The summed E-state index contributed by atoms with van der Waals surface area (Å²) < 4.78 is 13.6. The van der Waals surface area contributed by atoms with Gasteiger partial charge in [0.2, 0.25) is 0 Å². The van der Waals surface area contributed by atoms with Crippen molar-refractivity contribution in [2.24, 2.45) is 0 Å². The molecule has 1 aromatic heterocycles. The molecular weight excluding hydrogens is 324 g/mol. The van der Waals surface area contributed by atoms with Gasteiger partial charge in [-0.15, -0.1) is 0 Å². The molecule has 1 atom stereocenters. The number of aromatic nitrogens is 1. The first-order valence-corrected chi connectivity index (χ1v) is 9.08. The summed E-state index contributed by atoms with van der Waals surface area (Å²) in [5, 5.41) is 0. The number of benzene rings is 2. The Kier molecular flexibility index (Phi) is 4.67. The van der Waals surface area contributed by atoms with Crippen molar-refractivity contribution < 1.29 is 9.47 Å². The highest BCUT2D eigenvalue weighted by atomic mass is 16.5. The lowest BCUT2D eigenvalue weighted by atomic mass is 10.1. The molecule has 0 spiro atoms. The number of ether oxygens (including phenoxy) is 2. The second kappa shape index (κ2) is 7.26. The van der Waals surface area contributed by atoms with Gasteiger partial charge in [-0.05, 0) is 42.3 Å². The Morgan fingerprint density at radius 3 is 2.69 bits per heavy atom. The van der Waals surface area contributed by atoms with Crippen LogP contribution in [-0.2, 0) is 11.2 Å². The molecule has 26 heavy (non-hydrogen) atoms. The van der Waals surface area contributed by atoms with Gasteiger partial charge < -0.3 is 18.9 Å². The van der Waals surface area contributed by atoms with Crippen molar-refractivity contribution in [1.29, 1.82) is 0 Å². The van der Waals surface area contributed by atoms with E-state index in [2.05, 4.69) is 71.2 Å². The third kappa shape index (κ3) is 3.20. The van der Waals surface area contributed by atoms with Gasteiger partial charge >= 0.3 is 0 Å². The van der Waals surface area contributed by atoms with E-state index in [0.717, 1.165) is 36.6 Å². The molecule has 4 nitrogen and oxygen atoms in total. The summed E-state index contributed by atoms with van der Waals surface area (Å²) >= 11 is 0. The topological polar surface area (TPSA) is 26.6 Å².